The first-order valence-corrected chi connectivity index (χ1v) is 4.70. The molecule has 1 aliphatic rings. The van der Waals surface area contributed by atoms with Crippen molar-refractivity contribution in [1.82, 2.24) is 0 Å². The van der Waals surface area contributed by atoms with Crippen LogP contribution in [-0.4, -0.2) is 48.3 Å². The Labute approximate surface area is 91.3 Å². The lowest BCUT2D eigenvalue weighted by atomic mass is 10.1. The predicted molar refractivity (Wildman–Crippen MR) is 48.0 cm³/mol. The maximum Gasteiger partial charge on any atom is 0.303 e. The lowest BCUT2D eigenvalue weighted by Crippen LogP contribution is -2.36. The minimum Gasteiger partial charge on any atom is -0.463 e. The molecule has 0 radical (unpaired) electrons. The summed E-state index contributed by atoms with van der Waals surface area (Å²) in [5.74, 6) is -1.26. The summed E-state index contributed by atoms with van der Waals surface area (Å²) >= 11 is 0. The van der Waals surface area contributed by atoms with Crippen molar-refractivity contribution in [1.29, 1.82) is 0 Å². The Balaban J connectivity index is 2.59. The summed E-state index contributed by atoms with van der Waals surface area (Å²) in [7, 11) is 0. The quantitative estimate of drug-likeness (QED) is 0.667. The fourth-order valence-electron chi connectivity index (χ4n) is 1.37. The van der Waals surface area contributed by atoms with Crippen LogP contribution in [0.4, 0.5) is 4.39 Å². The maximum absolute atomic E-state index is 13.3. The Morgan fingerprint density at radius 3 is 2.50 bits per heavy atom. The third-order valence-corrected chi connectivity index (χ3v) is 2.02. The van der Waals surface area contributed by atoms with E-state index in [2.05, 4.69) is 9.47 Å². The second-order valence-corrected chi connectivity index (χ2v) is 3.39. The number of rotatable bonds is 3. The summed E-state index contributed by atoms with van der Waals surface area (Å²) in [5, 5.41) is 9.09. The van der Waals surface area contributed by atoms with Gasteiger partial charge in [0.15, 0.2) is 18.6 Å². The van der Waals surface area contributed by atoms with Gasteiger partial charge in [0.25, 0.3) is 0 Å². The zero-order valence-corrected chi connectivity index (χ0v) is 8.88. The third kappa shape index (κ3) is 3.14. The van der Waals surface area contributed by atoms with Crippen molar-refractivity contribution in [3.8, 4) is 0 Å². The van der Waals surface area contributed by atoms with Crippen LogP contribution in [0.3, 0.4) is 0 Å². The highest BCUT2D eigenvalue weighted by molar-refractivity contribution is 5.66. The average molecular weight is 236 g/mol. The van der Waals surface area contributed by atoms with Gasteiger partial charge in [0.1, 0.15) is 12.7 Å². The number of esters is 2. The largest absolute Gasteiger partial charge is 0.463 e. The highest BCUT2D eigenvalue weighted by atomic mass is 19.1. The molecular weight excluding hydrogens is 223 g/mol. The number of hydrogen-bond acceptors (Lipinski definition) is 6. The third-order valence-electron chi connectivity index (χ3n) is 2.02. The van der Waals surface area contributed by atoms with Crippen molar-refractivity contribution in [3.05, 3.63) is 0 Å². The van der Waals surface area contributed by atoms with E-state index in [1.54, 1.807) is 0 Å². The second-order valence-electron chi connectivity index (χ2n) is 3.39. The number of carbonyl (C=O) groups is 2. The van der Waals surface area contributed by atoms with E-state index in [1.807, 2.05) is 0 Å². The summed E-state index contributed by atoms with van der Waals surface area (Å²) < 4.78 is 27.3. The molecule has 6 nitrogen and oxygen atoms in total. The van der Waals surface area contributed by atoms with Gasteiger partial charge in [-0.15, -0.1) is 0 Å². The molecule has 1 saturated heterocycles. The zero-order chi connectivity index (χ0) is 12.3. The molecule has 4 atom stereocenters. The number of aliphatic hydroxyl groups is 1. The van der Waals surface area contributed by atoms with Gasteiger partial charge in [-0.25, -0.2) is 4.39 Å². The molecule has 92 valence electrons. The standard InChI is InChI=1S/C9H13FO6/c1-4(11)14-3-6-8(15-5(2)12)7(10)9(13)16-6/h6-9,13H,3H2,1-2H3. The Hall–Kier alpha value is -1.21. The summed E-state index contributed by atoms with van der Waals surface area (Å²) in [6.07, 6.45) is -5.76. The van der Waals surface area contributed by atoms with E-state index in [0.29, 0.717) is 0 Å². The lowest BCUT2D eigenvalue weighted by Gasteiger charge is -2.18. The summed E-state index contributed by atoms with van der Waals surface area (Å²) in [5.41, 5.74) is 0. The molecule has 7 heteroatoms. The van der Waals surface area contributed by atoms with E-state index in [9.17, 15) is 14.0 Å². The first-order valence-electron chi connectivity index (χ1n) is 4.70. The van der Waals surface area contributed by atoms with Crippen molar-refractivity contribution < 1.29 is 33.3 Å². The van der Waals surface area contributed by atoms with Gasteiger partial charge in [0, 0.05) is 13.8 Å². The minimum atomic E-state index is -1.84. The molecule has 0 spiro atoms. The Morgan fingerprint density at radius 2 is 2.00 bits per heavy atom. The summed E-state index contributed by atoms with van der Waals surface area (Å²) in [4.78, 5) is 21.3. The molecule has 0 amide bonds. The van der Waals surface area contributed by atoms with Crippen LogP contribution in [0, 0.1) is 0 Å². The van der Waals surface area contributed by atoms with Crippen molar-refractivity contribution in [2.24, 2.45) is 0 Å². The molecule has 0 saturated carbocycles. The Bertz CT molecular complexity index is 281. The van der Waals surface area contributed by atoms with Crippen LogP contribution in [-0.2, 0) is 23.8 Å². The zero-order valence-electron chi connectivity index (χ0n) is 8.88. The van der Waals surface area contributed by atoms with Crippen LogP contribution in [0.25, 0.3) is 0 Å². The van der Waals surface area contributed by atoms with Crippen LogP contribution in [0.1, 0.15) is 13.8 Å². The first kappa shape index (κ1) is 12.9. The van der Waals surface area contributed by atoms with E-state index in [0.717, 1.165) is 6.92 Å². The predicted octanol–water partition coefficient (Wildman–Crippen LogP) is -0.464. The number of carbonyl (C=O) groups excluding carboxylic acids is 2. The van der Waals surface area contributed by atoms with Crippen LogP contribution in [0.15, 0.2) is 0 Å². The van der Waals surface area contributed by atoms with Gasteiger partial charge in [-0.2, -0.15) is 0 Å². The second kappa shape index (κ2) is 5.22. The molecule has 16 heavy (non-hydrogen) atoms. The SMILES string of the molecule is CC(=O)OCC1OC(O)C(F)C1OC(C)=O. The van der Waals surface area contributed by atoms with Gasteiger partial charge in [-0.1, -0.05) is 0 Å². The normalized spacial score (nSPS) is 33.5. The molecular formula is C9H13FO6. The van der Waals surface area contributed by atoms with Gasteiger partial charge in [-0.3, -0.25) is 9.59 Å². The molecule has 0 aromatic carbocycles. The molecule has 1 rings (SSSR count). The molecule has 1 aliphatic heterocycles. The Morgan fingerprint density at radius 1 is 1.38 bits per heavy atom. The van der Waals surface area contributed by atoms with E-state index >= 15 is 0 Å². The molecule has 4 unspecified atom stereocenters. The molecule has 0 aromatic heterocycles. The van der Waals surface area contributed by atoms with Crippen LogP contribution in [0.2, 0.25) is 0 Å². The summed E-state index contributed by atoms with van der Waals surface area (Å²) in [6.45, 7) is 2.02. The highest BCUT2D eigenvalue weighted by Crippen LogP contribution is 2.25. The molecule has 1 N–H and O–H groups in total. The van der Waals surface area contributed by atoms with Crippen molar-refractivity contribution in [3.63, 3.8) is 0 Å². The van der Waals surface area contributed by atoms with Gasteiger partial charge in [0.2, 0.25) is 0 Å². The van der Waals surface area contributed by atoms with Crippen molar-refractivity contribution >= 4 is 11.9 Å². The number of aliphatic hydroxyl groups excluding tert-OH is 1. The van der Waals surface area contributed by atoms with Crippen LogP contribution < -0.4 is 0 Å². The highest BCUT2D eigenvalue weighted by Gasteiger charge is 2.47. The first-order chi connectivity index (χ1) is 7.41. The van der Waals surface area contributed by atoms with Crippen molar-refractivity contribution in [2.45, 2.75) is 38.5 Å². The number of alkyl halides is 1. The van der Waals surface area contributed by atoms with E-state index < -0.39 is 36.6 Å². The minimum absolute atomic E-state index is 0.273. The van der Waals surface area contributed by atoms with Gasteiger partial charge >= 0.3 is 11.9 Å². The van der Waals surface area contributed by atoms with Gasteiger partial charge in [0.05, 0.1) is 0 Å². The van der Waals surface area contributed by atoms with Gasteiger partial charge in [-0.05, 0) is 0 Å². The fraction of sp³-hybridized carbons (Fsp3) is 0.778. The van der Waals surface area contributed by atoms with Gasteiger partial charge < -0.3 is 19.3 Å². The summed E-state index contributed by atoms with van der Waals surface area (Å²) in [6, 6.07) is 0. The Kier molecular flexibility index (Phi) is 4.19. The molecule has 0 aliphatic carbocycles. The van der Waals surface area contributed by atoms with E-state index in [4.69, 9.17) is 9.84 Å². The molecule has 0 aromatic rings. The smallest absolute Gasteiger partial charge is 0.303 e. The van der Waals surface area contributed by atoms with Crippen LogP contribution >= 0.6 is 0 Å². The molecule has 1 fully saturated rings. The van der Waals surface area contributed by atoms with E-state index in [1.165, 1.54) is 6.92 Å². The topological polar surface area (TPSA) is 82.1 Å². The molecule has 0 bridgehead atoms. The monoisotopic (exact) mass is 236 g/mol. The van der Waals surface area contributed by atoms with E-state index in [-0.39, 0.29) is 6.61 Å². The number of hydrogen-bond donors (Lipinski definition) is 1. The molecule has 1 heterocycles. The lowest BCUT2D eigenvalue weighted by molar-refractivity contribution is -0.159. The fourth-order valence-corrected chi connectivity index (χ4v) is 1.37. The maximum atomic E-state index is 13.3. The van der Waals surface area contributed by atoms with Crippen molar-refractivity contribution in [2.75, 3.05) is 6.61 Å². The number of ether oxygens (including phenoxy) is 3. The van der Waals surface area contributed by atoms with Crippen LogP contribution in [0.5, 0.6) is 0 Å². The average Bonchev–Trinajstić information content (AvgIpc) is 2.42. The number of halogens is 1.